The van der Waals surface area contributed by atoms with Crippen molar-refractivity contribution in [3.8, 4) is 0 Å². The van der Waals surface area contributed by atoms with Crippen LogP contribution in [-0.4, -0.2) is 6.54 Å². The van der Waals surface area contributed by atoms with E-state index < -0.39 is 0 Å². The Labute approximate surface area is 103 Å². The molecule has 0 aromatic rings. The average Bonchev–Trinajstić information content (AvgIpc) is 2.21. The van der Waals surface area contributed by atoms with Gasteiger partial charge in [-0.05, 0) is 16.9 Å². The Morgan fingerprint density at radius 2 is 1.40 bits per heavy atom. The van der Waals surface area contributed by atoms with Gasteiger partial charge in [-0.3, -0.25) is 0 Å². The number of nitrogens with one attached hydrogen (secondary N) is 1. The minimum Gasteiger partial charge on any atom is -0.183 e. The summed E-state index contributed by atoms with van der Waals surface area (Å²) in [6.07, 6.45) is 10.4. The van der Waals surface area contributed by atoms with Crippen LogP contribution in [0.5, 0.6) is 0 Å². The van der Waals surface area contributed by atoms with Crippen LogP contribution in [-0.2, 0) is 16.5 Å². The van der Waals surface area contributed by atoms with E-state index in [0.717, 1.165) is 13.0 Å². The largest absolute Gasteiger partial charge is 0.183 e. The van der Waals surface area contributed by atoms with E-state index in [4.69, 9.17) is 5.53 Å². The molecule has 0 aromatic carbocycles. The maximum absolute atomic E-state index is 6.38. The summed E-state index contributed by atoms with van der Waals surface area (Å²) in [6.45, 7) is 2.96. The SMILES string of the molecule is CCCCCCCCCCN=NN=N.[Ni]. The molecule has 0 atom stereocenters. The molecule has 0 saturated carbocycles. The number of nitrogens with zero attached hydrogens (tertiary/aromatic N) is 3. The predicted molar refractivity (Wildman–Crippen MR) is 57.5 cm³/mol. The maximum atomic E-state index is 6.38. The Balaban J connectivity index is 0. The van der Waals surface area contributed by atoms with Crippen LogP contribution in [0.1, 0.15) is 58.3 Å². The van der Waals surface area contributed by atoms with Crippen LogP contribution in [0.2, 0.25) is 0 Å². The van der Waals surface area contributed by atoms with Crippen molar-refractivity contribution in [3.63, 3.8) is 0 Å². The van der Waals surface area contributed by atoms with Gasteiger partial charge < -0.3 is 0 Å². The molecular weight excluding hydrogens is 235 g/mol. The quantitative estimate of drug-likeness (QED) is 0.259. The van der Waals surface area contributed by atoms with E-state index in [1.807, 2.05) is 0 Å². The molecule has 1 N–H and O–H groups in total. The van der Waals surface area contributed by atoms with Crippen molar-refractivity contribution in [2.45, 2.75) is 58.3 Å². The third kappa shape index (κ3) is 16.4. The Morgan fingerprint density at radius 1 is 0.867 bits per heavy atom. The van der Waals surface area contributed by atoms with Gasteiger partial charge in [-0.25, -0.2) is 0 Å². The molecule has 0 aromatic heterocycles. The number of unbranched alkanes of at least 4 members (excludes halogenated alkanes) is 7. The molecule has 0 unspecified atom stereocenters. The van der Waals surface area contributed by atoms with Gasteiger partial charge in [-0.1, -0.05) is 51.9 Å². The van der Waals surface area contributed by atoms with Gasteiger partial charge in [0.1, 0.15) is 0 Å². The smallest absolute Gasteiger partial charge is 0.0621 e. The monoisotopic (exact) mass is 256 g/mol. The molecule has 0 radical (unpaired) electrons. The van der Waals surface area contributed by atoms with E-state index in [1.54, 1.807) is 0 Å². The first-order valence-electron chi connectivity index (χ1n) is 5.65. The molecule has 0 fully saturated rings. The molecule has 92 valence electrons. The van der Waals surface area contributed by atoms with Crippen LogP contribution in [0.3, 0.4) is 0 Å². The number of hydrogen-bond donors (Lipinski definition) is 1. The summed E-state index contributed by atoms with van der Waals surface area (Å²) in [7, 11) is 0. The van der Waals surface area contributed by atoms with E-state index >= 15 is 0 Å². The molecule has 0 amide bonds. The van der Waals surface area contributed by atoms with Crippen LogP contribution >= 0.6 is 0 Å². The van der Waals surface area contributed by atoms with Crippen molar-refractivity contribution in [3.05, 3.63) is 0 Å². The van der Waals surface area contributed by atoms with Crippen LogP contribution in [0, 0.1) is 5.53 Å². The summed E-state index contributed by atoms with van der Waals surface area (Å²) in [5, 5.41) is 9.77. The molecule has 0 spiro atoms. The molecule has 0 saturated heterocycles. The standard InChI is InChI=1S/C10H22N4.Ni/c1-2-3-4-5-6-7-8-9-10-12-14-13-11;/h11H,2-10H2,1H3;. The minimum atomic E-state index is 0. The second-order valence-electron chi connectivity index (χ2n) is 3.53. The Morgan fingerprint density at radius 3 is 1.93 bits per heavy atom. The van der Waals surface area contributed by atoms with E-state index in [0.29, 0.717) is 0 Å². The molecular formula is C10H22N4Ni. The van der Waals surface area contributed by atoms with Crippen LogP contribution < -0.4 is 0 Å². The van der Waals surface area contributed by atoms with Gasteiger partial charge in [-0.15, -0.1) is 0 Å². The maximum Gasteiger partial charge on any atom is 0.0621 e. The second kappa shape index (κ2) is 16.1. The summed E-state index contributed by atoms with van der Waals surface area (Å²) in [5.41, 5.74) is 6.38. The van der Waals surface area contributed by atoms with Gasteiger partial charge >= 0.3 is 0 Å². The normalized spacial score (nSPS) is 10.2. The Bertz CT molecular complexity index is 150. The van der Waals surface area contributed by atoms with Gasteiger partial charge in [-0.2, -0.15) is 10.6 Å². The summed E-state index contributed by atoms with van der Waals surface area (Å²) in [4.78, 5) is 0. The first-order chi connectivity index (χ1) is 6.91. The van der Waals surface area contributed by atoms with Crippen LogP contribution in [0.25, 0.3) is 0 Å². The van der Waals surface area contributed by atoms with E-state index in [1.165, 1.54) is 44.9 Å². The molecule has 0 aliphatic carbocycles. The zero-order chi connectivity index (χ0) is 10.5. The fourth-order valence-electron chi connectivity index (χ4n) is 1.39. The zero-order valence-electron chi connectivity index (χ0n) is 9.52. The summed E-state index contributed by atoms with van der Waals surface area (Å²) in [5.74, 6) is 0. The Kier molecular flexibility index (Phi) is 18.4. The summed E-state index contributed by atoms with van der Waals surface area (Å²) < 4.78 is 0. The first-order valence-corrected chi connectivity index (χ1v) is 5.65. The van der Waals surface area contributed by atoms with Gasteiger partial charge in [0.15, 0.2) is 0 Å². The molecule has 0 aliphatic rings. The van der Waals surface area contributed by atoms with Gasteiger partial charge in [0.2, 0.25) is 0 Å². The van der Waals surface area contributed by atoms with Crippen molar-refractivity contribution < 1.29 is 16.5 Å². The molecule has 4 nitrogen and oxygen atoms in total. The van der Waals surface area contributed by atoms with E-state index in [-0.39, 0.29) is 16.5 Å². The second-order valence-corrected chi connectivity index (χ2v) is 3.53. The van der Waals surface area contributed by atoms with Crippen molar-refractivity contribution in [2.75, 3.05) is 6.54 Å². The van der Waals surface area contributed by atoms with Crippen LogP contribution in [0.4, 0.5) is 0 Å². The molecule has 0 bridgehead atoms. The third-order valence-electron chi connectivity index (χ3n) is 2.22. The molecule has 5 heteroatoms. The molecule has 0 heterocycles. The third-order valence-corrected chi connectivity index (χ3v) is 2.22. The molecule has 0 aliphatic heterocycles. The molecule has 0 rings (SSSR count). The number of hydrogen-bond acceptors (Lipinski definition) is 2. The molecule has 15 heavy (non-hydrogen) atoms. The summed E-state index contributed by atoms with van der Waals surface area (Å²) in [6, 6.07) is 0. The number of rotatable bonds is 10. The topological polar surface area (TPSA) is 60.9 Å². The minimum absolute atomic E-state index is 0. The Hall–Kier alpha value is -0.306. The van der Waals surface area contributed by atoms with Gasteiger partial charge in [0.25, 0.3) is 0 Å². The predicted octanol–water partition coefficient (Wildman–Crippen LogP) is 4.52. The van der Waals surface area contributed by atoms with Crippen molar-refractivity contribution in [1.82, 2.24) is 0 Å². The van der Waals surface area contributed by atoms with Crippen molar-refractivity contribution in [1.29, 1.82) is 5.53 Å². The van der Waals surface area contributed by atoms with Crippen molar-refractivity contribution >= 4 is 0 Å². The van der Waals surface area contributed by atoms with Crippen molar-refractivity contribution in [2.24, 2.45) is 15.6 Å². The fraction of sp³-hybridized carbons (Fsp3) is 1.00. The van der Waals surface area contributed by atoms with E-state index in [9.17, 15) is 0 Å². The fourth-order valence-corrected chi connectivity index (χ4v) is 1.39. The van der Waals surface area contributed by atoms with Crippen LogP contribution in [0.15, 0.2) is 15.6 Å². The van der Waals surface area contributed by atoms with Gasteiger partial charge in [0, 0.05) is 16.5 Å². The average molecular weight is 257 g/mol. The zero-order valence-corrected chi connectivity index (χ0v) is 10.5. The van der Waals surface area contributed by atoms with E-state index in [2.05, 4.69) is 22.5 Å². The summed E-state index contributed by atoms with van der Waals surface area (Å²) >= 11 is 0. The first kappa shape index (κ1) is 17.1. The van der Waals surface area contributed by atoms with Gasteiger partial charge in [0.05, 0.1) is 6.54 Å².